The molecule has 0 aliphatic carbocycles. The number of anilines is 1. The third kappa shape index (κ3) is 4.60. The van der Waals surface area contributed by atoms with Gasteiger partial charge in [-0.2, -0.15) is 0 Å². The molecule has 130 valence electrons. The Labute approximate surface area is 153 Å². The normalized spacial score (nSPS) is 11.0. The Hall–Kier alpha value is -2.33. The maximum atomic E-state index is 12.0. The van der Waals surface area contributed by atoms with Gasteiger partial charge in [-0.05, 0) is 18.1 Å². The molecule has 1 N–H and O–H groups in total. The average Bonchev–Trinajstić information content (AvgIpc) is 3.23. The van der Waals surface area contributed by atoms with Gasteiger partial charge in [-0.25, -0.2) is 0 Å². The predicted molar refractivity (Wildman–Crippen MR) is 97.4 cm³/mol. The Bertz CT molecular complexity index is 818. The van der Waals surface area contributed by atoms with E-state index in [0.717, 1.165) is 17.9 Å². The first kappa shape index (κ1) is 17.5. The molecule has 0 atom stereocenters. The molecule has 0 aliphatic heterocycles. The zero-order chi connectivity index (χ0) is 17.6. The van der Waals surface area contributed by atoms with E-state index in [0.29, 0.717) is 16.2 Å². The number of aromatic nitrogens is 6. The standard InChI is InChI=1S/C15H17N7OS2/c1-10(2)7-22-13(11-3-5-16-6-4-11)19-21-15(22)24-8-12(23)18-14-20-17-9-25-14/h3-6,9-10H,7-8H2,1-2H3,(H,18,20,23). The van der Waals surface area contributed by atoms with Crippen molar-refractivity contribution in [2.24, 2.45) is 5.92 Å². The molecule has 0 aromatic carbocycles. The number of carbonyl (C=O) groups is 1. The number of thioether (sulfide) groups is 1. The molecule has 3 rings (SSSR count). The van der Waals surface area contributed by atoms with Gasteiger partial charge in [0, 0.05) is 24.5 Å². The van der Waals surface area contributed by atoms with Crippen LogP contribution < -0.4 is 5.32 Å². The van der Waals surface area contributed by atoms with E-state index in [1.807, 2.05) is 16.7 Å². The van der Waals surface area contributed by atoms with Gasteiger partial charge in [-0.15, -0.1) is 20.4 Å². The maximum absolute atomic E-state index is 12.0. The first-order valence-corrected chi connectivity index (χ1v) is 9.52. The Morgan fingerprint density at radius 1 is 1.28 bits per heavy atom. The van der Waals surface area contributed by atoms with Crippen LogP contribution in [0.1, 0.15) is 13.8 Å². The highest BCUT2D eigenvalue weighted by Gasteiger charge is 2.17. The Morgan fingerprint density at radius 3 is 2.76 bits per heavy atom. The molecule has 0 fully saturated rings. The van der Waals surface area contributed by atoms with Crippen LogP contribution in [-0.4, -0.2) is 41.6 Å². The van der Waals surface area contributed by atoms with Gasteiger partial charge in [0.25, 0.3) is 0 Å². The van der Waals surface area contributed by atoms with Crippen molar-refractivity contribution in [2.75, 3.05) is 11.1 Å². The van der Waals surface area contributed by atoms with Crippen LogP contribution in [0.25, 0.3) is 11.4 Å². The summed E-state index contributed by atoms with van der Waals surface area (Å²) >= 11 is 2.64. The largest absolute Gasteiger partial charge is 0.302 e. The Kier molecular flexibility index (Phi) is 5.71. The quantitative estimate of drug-likeness (QED) is 0.634. The Morgan fingerprint density at radius 2 is 2.08 bits per heavy atom. The lowest BCUT2D eigenvalue weighted by Crippen LogP contribution is -2.15. The summed E-state index contributed by atoms with van der Waals surface area (Å²) in [4.78, 5) is 16.1. The van der Waals surface area contributed by atoms with Crippen LogP contribution in [-0.2, 0) is 11.3 Å². The van der Waals surface area contributed by atoms with Crippen molar-refractivity contribution in [2.45, 2.75) is 25.5 Å². The minimum atomic E-state index is -0.147. The van der Waals surface area contributed by atoms with Gasteiger partial charge >= 0.3 is 0 Å². The average molecular weight is 375 g/mol. The molecule has 8 nitrogen and oxygen atoms in total. The van der Waals surface area contributed by atoms with E-state index in [1.165, 1.54) is 23.1 Å². The molecule has 10 heteroatoms. The van der Waals surface area contributed by atoms with Crippen molar-refractivity contribution in [3.8, 4) is 11.4 Å². The number of carbonyl (C=O) groups excluding carboxylic acids is 1. The molecule has 1 amide bonds. The van der Waals surface area contributed by atoms with E-state index in [9.17, 15) is 4.79 Å². The molecular weight excluding hydrogens is 358 g/mol. The van der Waals surface area contributed by atoms with Gasteiger partial charge < -0.3 is 4.57 Å². The van der Waals surface area contributed by atoms with Crippen molar-refractivity contribution in [1.29, 1.82) is 0 Å². The lowest BCUT2D eigenvalue weighted by atomic mass is 10.2. The molecule has 0 unspecified atom stereocenters. The fourth-order valence-corrected chi connectivity index (χ4v) is 3.36. The third-order valence-corrected chi connectivity index (χ3v) is 4.72. The van der Waals surface area contributed by atoms with E-state index in [4.69, 9.17) is 0 Å². The first-order chi connectivity index (χ1) is 12.1. The van der Waals surface area contributed by atoms with Crippen LogP contribution in [0.15, 0.2) is 35.2 Å². The van der Waals surface area contributed by atoms with E-state index in [2.05, 4.69) is 44.5 Å². The van der Waals surface area contributed by atoms with Crippen molar-refractivity contribution in [3.63, 3.8) is 0 Å². The van der Waals surface area contributed by atoms with Gasteiger partial charge in [-0.3, -0.25) is 15.1 Å². The summed E-state index contributed by atoms with van der Waals surface area (Å²) in [5, 5.41) is 20.0. The fourth-order valence-electron chi connectivity index (χ4n) is 2.15. The lowest BCUT2D eigenvalue weighted by molar-refractivity contribution is -0.113. The lowest BCUT2D eigenvalue weighted by Gasteiger charge is -2.12. The second-order valence-corrected chi connectivity index (χ2v) is 7.40. The fraction of sp³-hybridized carbons (Fsp3) is 0.333. The summed E-state index contributed by atoms with van der Waals surface area (Å²) in [6.45, 7) is 5.03. The van der Waals surface area contributed by atoms with Crippen molar-refractivity contribution >= 4 is 34.1 Å². The molecule has 0 bridgehead atoms. The number of rotatable bonds is 7. The molecule has 0 aliphatic rings. The van der Waals surface area contributed by atoms with E-state index < -0.39 is 0 Å². The SMILES string of the molecule is CC(C)Cn1c(SCC(=O)Nc2nncs2)nnc1-c1ccncc1. The van der Waals surface area contributed by atoms with Crippen LogP contribution in [0.3, 0.4) is 0 Å². The number of hydrogen-bond acceptors (Lipinski definition) is 8. The number of amides is 1. The summed E-state index contributed by atoms with van der Waals surface area (Å²) in [5.74, 6) is 1.28. The highest BCUT2D eigenvalue weighted by atomic mass is 32.2. The van der Waals surface area contributed by atoms with Crippen LogP contribution >= 0.6 is 23.1 Å². The van der Waals surface area contributed by atoms with Crippen LogP contribution in [0, 0.1) is 5.92 Å². The second-order valence-electron chi connectivity index (χ2n) is 5.63. The predicted octanol–water partition coefficient (Wildman–Crippen LogP) is 2.58. The van der Waals surface area contributed by atoms with Crippen LogP contribution in [0.4, 0.5) is 5.13 Å². The number of pyridine rings is 1. The molecule has 3 aromatic rings. The highest BCUT2D eigenvalue weighted by molar-refractivity contribution is 7.99. The zero-order valence-electron chi connectivity index (χ0n) is 13.8. The van der Waals surface area contributed by atoms with Crippen molar-refractivity contribution in [1.82, 2.24) is 29.9 Å². The zero-order valence-corrected chi connectivity index (χ0v) is 15.4. The highest BCUT2D eigenvalue weighted by Crippen LogP contribution is 2.25. The van der Waals surface area contributed by atoms with Crippen molar-refractivity contribution in [3.05, 3.63) is 30.0 Å². The third-order valence-electron chi connectivity index (χ3n) is 3.14. The number of nitrogens with one attached hydrogen (secondary N) is 1. The van der Waals surface area contributed by atoms with Crippen LogP contribution in [0.2, 0.25) is 0 Å². The molecule has 0 saturated heterocycles. The molecule has 0 spiro atoms. The van der Waals surface area contributed by atoms with E-state index in [-0.39, 0.29) is 11.7 Å². The van der Waals surface area contributed by atoms with Gasteiger partial charge in [0.05, 0.1) is 5.75 Å². The minimum Gasteiger partial charge on any atom is -0.302 e. The summed E-state index contributed by atoms with van der Waals surface area (Å²) in [6, 6.07) is 3.80. The molecule has 25 heavy (non-hydrogen) atoms. The van der Waals surface area contributed by atoms with Gasteiger partial charge in [0.1, 0.15) is 5.51 Å². The van der Waals surface area contributed by atoms with E-state index in [1.54, 1.807) is 17.9 Å². The van der Waals surface area contributed by atoms with Gasteiger partial charge in [0.15, 0.2) is 11.0 Å². The topological polar surface area (TPSA) is 98.5 Å². The molecular formula is C15H17N7OS2. The molecule has 0 radical (unpaired) electrons. The smallest absolute Gasteiger partial charge is 0.236 e. The second kappa shape index (κ2) is 8.17. The molecule has 3 heterocycles. The Balaban J connectivity index is 1.74. The minimum absolute atomic E-state index is 0.147. The summed E-state index contributed by atoms with van der Waals surface area (Å²) in [6.07, 6.45) is 3.46. The van der Waals surface area contributed by atoms with E-state index >= 15 is 0 Å². The summed E-state index contributed by atoms with van der Waals surface area (Å²) in [5.41, 5.74) is 2.52. The summed E-state index contributed by atoms with van der Waals surface area (Å²) in [7, 11) is 0. The van der Waals surface area contributed by atoms with Gasteiger partial charge in [0.2, 0.25) is 11.0 Å². The maximum Gasteiger partial charge on any atom is 0.236 e. The van der Waals surface area contributed by atoms with Crippen molar-refractivity contribution < 1.29 is 4.79 Å². The molecule has 0 saturated carbocycles. The number of hydrogen-bond donors (Lipinski definition) is 1. The monoisotopic (exact) mass is 375 g/mol. The summed E-state index contributed by atoms with van der Waals surface area (Å²) < 4.78 is 2.04. The van der Waals surface area contributed by atoms with Crippen LogP contribution in [0.5, 0.6) is 0 Å². The van der Waals surface area contributed by atoms with Gasteiger partial charge in [-0.1, -0.05) is 36.9 Å². The number of nitrogens with zero attached hydrogens (tertiary/aromatic N) is 6. The molecule has 3 aromatic heterocycles. The first-order valence-electron chi connectivity index (χ1n) is 7.66.